The van der Waals surface area contributed by atoms with Crippen LogP contribution in [0.1, 0.15) is 57.8 Å². The van der Waals surface area contributed by atoms with E-state index in [2.05, 4.69) is 5.32 Å². The zero-order valence-corrected chi connectivity index (χ0v) is 14.4. The van der Waals surface area contributed by atoms with E-state index in [-0.39, 0.29) is 24.7 Å². The molecule has 6 heteroatoms. The van der Waals surface area contributed by atoms with Gasteiger partial charge in [-0.2, -0.15) is 0 Å². The van der Waals surface area contributed by atoms with E-state index in [9.17, 15) is 9.59 Å². The molecule has 0 atom stereocenters. The van der Waals surface area contributed by atoms with Crippen molar-refractivity contribution in [2.45, 2.75) is 64.1 Å². The fourth-order valence-electron chi connectivity index (χ4n) is 3.16. The summed E-state index contributed by atoms with van der Waals surface area (Å²) in [5.74, 6) is 0.215. The van der Waals surface area contributed by atoms with E-state index in [1.807, 2.05) is 0 Å². The van der Waals surface area contributed by atoms with E-state index in [1.54, 1.807) is 0 Å². The number of nitrogens with one attached hydrogen (secondary N) is 1. The van der Waals surface area contributed by atoms with Crippen molar-refractivity contribution in [3.05, 3.63) is 0 Å². The summed E-state index contributed by atoms with van der Waals surface area (Å²) in [5, 5.41) is 2.99. The Labute approximate surface area is 142 Å². The zero-order valence-electron chi connectivity index (χ0n) is 14.4. The lowest BCUT2D eigenvalue weighted by Gasteiger charge is -2.23. The quantitative estimate of drug-likeness (QED) is 0.700. The summed E-state index contributed by atoms with van der Waals surface area (Å²) in [4.78, 5) is 25.2. The molecule has 2 amide bonds. The van der Waals surface area contributed by atoms with Crippen LogP contribution in [-0.4, -0.2) is 50.7 Å². The summed E-state index contributed by atoms with van der Waals surface area (Å²) in [7, 11) is 5.37. The van der Waals surface area contributed by atoms with Gasteiger partial charge < -0.3 is 16.0 Å². The number of nitrogens with zero attached hydrogens (tertiary/aromatic N) is 1. The van der Waals surface area contributed by atoms with Crippen molar-refractivity contribution in [3.63, 3.8) is 0 Å². The van der Waals surface area contributed by atoms with Gasteiger partial charge in [0.2, 0.25) is 11.8 Å². The summed E-state index contributed by atoms with van der Waals surface area (Å²) in [6.45, 7) is 1.47. The van der Waals surface area contributed by atoms with Crippen molar-refractivity contribution >= 4 is 19.7 Å². The minimum Gasteiger partial charge on any atom is -0.354 e. The van der Waals surface area contributed by atoms with Crippen LogP contribution in [0.3, 0.4) is 0 Å². The molecule has 0 heterocycles. The SMILES string of the molecule is [B]CC(=O)N(CCN)CC(=O)NCC1CCCCCCCCC1. The highest BCUT2D eigenvalue weighted by atomic mass is 16.2. The molecule has 0 unspecified atom stereocenters. The molecule has 0 saturated heterocycles. The largest absolute Gasteiger partial charge is 0.354 e. The molecule has 0 spiro atoms. The lowest BCUT2D eigenvalue weighted by atomic mass is 9.92. The minimum atomic E-state index is -0.232. The summed E-state index contributed by atoms with van der Waals surface area (Å²) in [6.07, 6.45) is 11.5. The Morgan fingerprint density at radius 2 is 1.61 bits per heavy atom. The second kappa shape index (κ2) is 12.4. The van der Waals surface area contributed by atoms with Crippen LogP contribution >= 0.6 is 0 Å². The van der Waals surface area contributed by atoms with Crippen LogP contribution in [-0.2, 0) is 9.59 Å². The lowest BCUT2D eigenvalue weighted by Crippen LogP contribution is -2.43. The van der Waals surface area contributed by atoms with Gasteiger partial charge in [0.15, 0.2) is 0 Å². The van der Waals surface area contributed by atoms with Gasteiger partial charge in [-0.05, 0) is 25.1 Å². The molecule has 2 radical (unpaired) electrons. The first-order valence-corrected chi connectivity index (χ1v) is 9.12. The van der Waals surface area contributed by atoms with Crippen molar-refractivity contribution in [2.75, 3.05) is 26.2 Å². The van der Waals surface area contributed by atoms with E-state index >= 15 is 0 Å². The molecule has 1 aliphatic rings. The molecule has 23 heavy (non-hydrogen) atoms. The van der Waals surface area contributed by atoms with Gasteiger partial charge in [-0.15, -0.1) is 0 Å². The Morgan fingerprint density at radius 3 is 2.13 bits per heavy atom. The first kappa shape index (κ1) is 20.0. The van der Waals surface area contributed by atoms with Crippen LogP contribution in [0, 0.1) is 5.92 Å². The average Bonchev–Trinajstić information content (AvgIpc) is 2.57. The van der Waals surface area contributed by atoms with Gasteiger partial charge >= 0.3 is 0 Å². The molecule has 1 rings (SSSR count). The van der Waals surface area contributed by atoms with Crippen LogP contribution in [0.25, 0.3) is 0 Å². The predicted octanol–water partition coefficient (Wildman–Crippen LogP) is 1.62. The molecule has 5 nitrogen and oxygen atoms in total. The molecule has 0 bridgehead atoms. The molecule has 0 aliphatic heterocycles. The third-order valence-corrected chi connectivity index (χ3v) is 4.57. The highest BCUT2D eigenvalue weighted by molar-refractivity contribution is 6.19. The molecule has 1 aliphatic carbocycles. The van der Waals surface area contributed by atoms with Gasteiger partial charge in [-0.25, -0.2) is 0 Å². The Morgan fingerprint density at radius 1 is 1.04 bits per heavy atom. The van der Waals surface area contributed by atoms with Crippen LogP contribution in [0.2, 0.25) is 6.32 Å². The Kier molecular flexibility index (Phi) is 10.8. The summed E-state index contributed by atoms with van der Waals surface area (Å²) < 4.78 is 0. The second-order valence-corrected chi connectivity index (χ2v) is 6.53. The summed E-state index contributed by atoms with van der Waals surface area (Å²) in [5.41, 5.74) is 5.48. The van der Waals surface area contributed by atoms with E-state index in [1.165, 1.54) is 62.7 Å². The third-order valence-electron chi connectivity index (χ3n) is 4.57. The number of nitrogens with two attached hydrogens (primary N) is 1. The van der Waals surface area contributed by atoms with Crippen molar-refractivity contribution in [1.82, 2.24) is 10.2 Å². The standard InChI is InChI=1S/C17H32BN3O2/c18-12-17(23)21(11-10-19)14-16(22)20-13-15-8-6-4-2-1-3-5-7-9-15/h15H,1-14,19H2,(H,20,22). The maximum atomic E-state index is 12.1. The number of hydrogen-bond acceptors (Lipinski definition) is 3. The van der Waals surface area contributed by atoms with E-state index in [4.69, 9.17) is 13.6 Å². The highest BCUT2D eigenvalue weighted by Gasteiger charge is 2.16. The Balaban J connectivity index is 2.35. The first-order chi connectivity index (χ1) is 11.2. The number of carbonyl (C=O) groups is 2. The van der Waals surface area contributed by atoms with Crippen molar-refractivity contribution in [3.8, 4) is 0 Å². The lowest BCUT2D eigenvalue weighted by molar-refractivity contribution is -0.134. The number of amides is 2. The van der Waals surface area contributed by atoms with Gasteiger partial charge in [0.1, 0.15) is 0 Å². The van der Waals surface area contributed by atoms with E-state index in [0.29, 0.717) is 25.6 Å². The fourth-order valence-corrected chi connectivity index (χ4v) is 3.16. The molecule has 1 saturated carbocycles. The smallest absolute Gasteiger partial charge is 0.239 e. The number of carbonyl (C=O) groups excluding carboxylic acids is 2. The van der Waals surface area contributed by atoms with Crippen LogP contribution in [0.4, 0.5) is 0 Å². The molecule has 0 aromatic carbocycles. The third kappa shape index (κ3) is 8.99. The monoisotopic (exact) mass is 321 g/mol. The fraction of sp³-hybridized carbons (Fsp3) is 0.882. The minimum absolute atomic E-state index is 0.0555. The average molecular weight is 321 g/mol. The van der Waals surface area contributed by atoms with Gasteiger partial charge in [0.25, 0.3) is 0 Å². The summed E-state index contributed by atoms with van der Waals surface area (Å²) in [6, 6.07) is 0. The van der Waals surface area contributed by atoms with Crippen molar-refractivity contribution < 1.29 is 9.59 Å². The highest BCUT2D eigenvalue weighted by Crippen LogP contribution is 2.20. The zero-order chi connectivity index (χ0) is 16.9. The molecule has 3 N–H and O–H groups in total. The molecule has 0 aromatic rings. The van der Waals surface area contributed by atoms with Gasteiger partial charge in [-0.1, -0.05) is 44.9 Å². The van der Waals surface area contributed by atoms with E-state index in [0.717, 1.165) is 0 Å². The van der Waals surface area contributed by atoms with Crippen LogP contribution in [0.15, 0.2) is 0 Å². The normalized spacial score (nSPS) is 17.4. The van der Waals surface area contributed by atoms with Crippen LogP contribution in [0.5, 0.6) is 0 Å². The molecule has 0 aromatic heterocycles. The first-order valence-electron chi connectivity index (χ1n) is 9.12. The molecular weight excluding hydrogens is 289 g/mol. The maximum Gasteiger partial charge on any atom is 0.239 e. The molecule has 130 valence electrons. The summed E-state index contributed by atoms with van der Waals surface area (Å²) >= 11 is 0. The number of rotatable bonds is 7. The van der Waals surface area contributed by atoms with E-state index < -0.39 is 0 Å². The Bertz CT molecular complexity index is 343. The molecule has 1 fully saturated rings. The van der Waals surface area contributed by atoms with Crippen molar-refractivity contribution in [1.29, 1.82) is 0 Å². The van der Waals surface area contributed by atoms with Gasteiger partial charge in [-0.3, -0.25) is 9.59 Å². The maximum absolute atomic E-state index is 12.1. The van der Waals surface area contributed by atoms with Crippen molar-refractivity contribution in [2.24, 2.45) is 11.7 Å². The van der Waals surface area contributed by atoms with Gasteiger partial charge in [0, 0.05) is 19.6 Å². The van der Waals surface area contributed by atoms with Gasteiger partial charge in [0.05, 0.1) is 14.4 Å². The number of hydrogen-bond donors (Lipinski definition) is 2. The second-order valence-electron chi connectivity index (χ2n) is 6.53. The molecular formula is C17H32BN3O2. The van der Waals surface area contributed by atoms with Crippen LogP contribution < -0.4 is 11.1 Å². The predicted molar refractivity (Wildman–Crippen MR) is 94.2 cm³/mol. The Hall–Kier alpha value is -1.04. The topological polar surface area (TPSA) is 75.4 Å².